The van der Waals surface area contributed by atoms with Gasteiger partial charge in [-0.25, -0.2) is 4.98 Å². The molecule has 0 saturated carbocycles. The van der Waals surface area contributed by atoms with Crippen molar-refractivity contribution in [2.45, 2.75) is 0 Å². The number of nitrogens with one attached hydrogen (secondary N) is 1. The third-order valence-corrected chi connectivity index (χ3v) is 3.92. The van der Waals surface area contributed by atoms with Crippen molar-refractivity contribution >= 4 is 40.9 Å². The van der Waals surface area contributed by atoms with Gasteiger partial charge in [0.25, 0.3) is 0 Å². The fourth-order valence-electron chi connectivity index (χ4n) is 2.01. The van der Waals surface area contributed by atoms with E-state index in [-0.39, 0.29) is 11.5 Å². The Morgan fingerprint density at radius 3 is 2.80 bits per heavy atom. The Bertz CT molecular complexity index is 956. The minimum absolute atomic E-state index is 0.0417. The second-order valence-electron chi connectivity index (χ2n) is 4.83. The fourth-order valence-corrected chi connectivity index (χ4v) is 2.31. The third-order valence-electron chi connectivity index (χ3n) is 3.18. The number of benzene rings is 1. The first-order valence-corrected chi connectivity index (χ1v) is 7.74. The van der Waals surface area contributed by atoms with Gasteiger partial charge in [0, 0.05) is 17.8 Å². The van der Waals surface area contributed by atoms with Crippen LogP contribution in [0.15, 0.2) is 58.2 Å². The first kappa shape index (κ1) is 16.9. The minimum Gasteiger partial charge on any atom is -0.455 e. The lowest BCUT2D eigenvalue weighted by molar-refractivity contribution is -0.384. The molecule has 3 rings (SSSR count). The van der Waals surface area contributed by atoms with E-state index in [2.05, 4.69) is 15.5 Å². The molecule has 0 bridgehead atoms. The zero-order chi connectivity index (χ0) is 17.8. The number of nitrogens with zero attached hydrogens (tertiary/aromatic N) is 3. The van der Waals surface area contributed by atoms with Crippen molar-refractivity contribution < 1.29 is 9.34 Å². The molecule has 9 heteroatoms. The number of aromatic nitrogens is 1. The van der Waals surface area contributed by atoms with Crippen LogP contribution in [0.1, 0.15) is 5.76 Å². The molecule has 0 aliphatic rings. The number of hydrogen-bond acceptors (Lipinski definition) is 6. The Morgan fingerprint density at radius 1 is 1.20 bits per heavy atom. The van der Waals surface area contributed by atoms with Crippen LogP contribution in [0.3, 0.4) is 0 Å². The fraction of sp³-hybridized carbons (Fsp3) is 0. The van der Waals surface area contributed by atoms with E-state index in [0.29, 0.717) is 21.6 Å². The molecule has 0 aliphatic carbocycles. The molecule has 0 unspecified atom stereocenters. The Labute approximate surface area is 152 Å². The number of hydrogen-bond donors (Lipinski definition) is 1. The van der Waals surface area contributed by atoms with Crippen molar-refractivity contribution in [2.75, 3.05) is 5.43 Å². The summed E-state index contributed by atoms with van der Waals surface area (Å²) in [5.41, 5.74) is 3.12. The zero-order valence-electron chi connectivity index (χ0n) is 12.5. The number of halogens is 2. The highest BCUT2D eigenvalue weighted by molar-refractivity contribution is 6.42. The van der Waals surface area contributed by atoms with E-state index in [0.717, 1.165) is 5.56 Å². The minimum atomic E-state index is -0.542. The normalized spacial score (nSPS) is 11.0. The van der Waals surface area contributed by atoms with Crippen molar-refractivity contribution in [1.82, 2.24) is 4.98 Å². The predicted octanol–water partition coefficient (Wildman–Crippen LogP) is 5.00. The molecule has 2 aromatic heterocycles. The quantitative estimate of drug-likeness (QED) is 0.384. The Hall–Kier alpha value is -2.90. The van der Waals surface area contributed by atoms with E-state index >= 15 is 0 Å². The molecule has 0 radical (unpaired) electrons. The molecule has 2 heterocycles. The number of anilines is 1. The molecule has 0 spiro atoms. The number of rotatable bonds is 5. The maximum Gasteiger partial charge on any atom is 0.313 e. The lowest BCUT2D eigenvalue weighted by Crippen LogP contribution is -1.98. The number of furan rings is 1. The smallest absolute Gasteiger partial charge is 0.313 e. The maximum atomic E-state index is 10.9. The van der Waals surface area contributed by atoms with Crippen LogP contribution in [0.4, 0.5) is 11.5 Å². The van der Waals surface area contributed by atoms with Crippen LogP contribution in [0.2, 0.25) is 10.0 Å². The molecule has 7 nitrogen and oxygen atoms in total. The van der Waals surface area contributed by atoms with Crippen LogP contribution < -0.4 is 5.43 Å². The van der Waals surface area contributed by atoms with Crippen LogP contribution in [-0.2, 0) is 0 Å². The molecular weight excluding hydrogens is 367 g/mol. The average Bonchev–Trinajstić information content (AvgIpc) is 3.06. The third kappa shape index (κ3) is 3.96. The van der Waals surface area contributed by atoms with Crippen molar-refractivity contribution in [3.8, 4) is 11.3 Å². The van der Waals surface area contributed by atoms with Gasteiger partial charge in [0.2, 0.25) is 5.82 Å². The SMILES string of the molecule is O=[N+]([O-])c1cccnc1N/N=C/c1ccc(-c2ccc(Cl)c(Cl)c2)o1. The molecular formula is C16H10Cl2N4O3. The van der Waals surface area contributed by atoms with Crippen LogP contribution in [0.5, 0.6) is 0 Å². The monoisotopic (exact) mass is 376 g/mol. The van der Waals surface area contributed by atoms with Gasteiger partial charge in [0.1, 0.15) is 11.5 Å². The summed E-state index contributed by atoms with van der Waals surface area (Å²) in [5, 5.41) is 15.7. The average molecular weight is 377 g/mol. The maximum absolute atomic E-state index is 10.9. The summed E-state index contributed by atoms with van der Waals surface area (Å²) in [4.78, 5) is 14.2. The summed E-state index contributed by atoms with van der Waals surface area (Å²) in [6.07, 6.45) is 2.82. The second kappa shape index (κ2) is 7.33. The molecule has 3 aromatic rings. The van der Waals surface area contributed by atoms with Gasteiger partial charge in [-0.2, -0.15) is 5.10 Å². The van der Waals surface area contributed by atoms with Gasteiger partial charge >= 0.3 is 5.69 Å². The van der Waals surface area contributed by atoms with Gasteiger partial charge in [-0.05, 0) is 36.4 Å². The van der Waals surface area contributed by atoms with E-state index < -0.39 is 4.92 Å². The number of hydrazone groups is 1. The van der Waals surface area contributed by atoms with E-state index in [1.54, 1.807) is 30.3 Å². The Kier molecular flexibility index (Phi) is 4.97. The van der Waals surface area contributed by atoms with E-state index in [9.17, 15) is 10.1 Å². The van der Waals surface area contributed by atoms with Gasteiger partial charge in [-0.1, -0.05) is 23.2 Å². The molecule has 0 atom stereocenters. The summed E-state index contributed by atoms with van der Waals surface area (Å²) in [6, 6.07) is 11.4. The van der Waals surface area contributed by atoms with Crippen LogP contribution >= 0.6 is 23.2 Å². The van der Waals surface area contributed by atoms with E-state index in [4.69, 9.17) is 27.6 Å². The zero-order valence-corrected chi connectivity index (χ0v) is 14.0. The standard InChI is InChI=1S/C16H10Cl2N4O3/c17-12-5-3-10(8-13(12)18)15-6-4-11(25-15)9-20-21-16-14(22(23)24)2-1-7-19-16/h1-9H,(H,19,21)/b20-9+. The molecule has 0 saturated heterocycles. The van der Waals surface area contributed by atoms with E-state index in [1.165, 1.54) is 24.5 Å². The second-order valence-corrected chi connectivity index (χ2v) is 5.64. The summed E-state index contributed by atoms with van der Waals surface area (Å²) >= 11 is 11.9. The van der Waals surface area contributed by atoms with Crippen molar-refractivity contribution in [3.05, 3.63) is 74.6 Å². The van der Waals surface area contributed by atoms with Gasteiger partial charge in [0.15, 0.2) is 0 Å². The predicted molar refractivity (Wildman–Crippen MR) is 96.3 cm³/mol. The van der Waals surface area contributed by atoms with Gasteiger partial charge < -0.3 is 4.42 Å². The van der Waals surface area contributed by atoms with Gasteiger partial charge in [0.05, 0.1) is 21.2 Å². The van der Waals surface area contributed by atoms with Gasteiger partial charge in [-0.3, -0.25) is 15.5 Å². The lowest BCUT2D eigenvalue weighted by Gasteiger charge is -2.00. The summed E-state index contributed by atoms with van der Waals surface area (Å²) in [5.74, 6) is 1.08. The van der Waals surface area contributed by atoms with Crippen LogP contribution in [0.25, 0.3) is 11.3 Å². The van der Waals surface area contributed by atoms with Crippen LogP contribution in [-0.4, -0.2) is 16.1 Å². The molecule has 126 valence electrons. The highest BCUT2D eigenvalue weighted by Gasteiger charge is 2.13. The molecule has 1 N–H and O–H groups in total. The Balaban J connectivity index is 1.74. The first-order chi connectivity index (χ1) is 12.0. The van der Waals surface area contributed by atoms with Crippen molar-refractivity contribution in [2.24, 2.45) is 5.10 Å². The van der Waals surface area contributed by atoms with Crippen molar-refractivity contribution in [1.29, 1.82) is 0 Å². The molecule has 1 aromatic carbocycles. The summed E-state index contributed by atoms with van der Waals surface area (Å²) < 4.78 is 5.63. The Morgan fingerprint density at radius 2 is 2.04 bits per heavy atom. The lowest BCUT2D eigenvalue weighted by atomic mass is 10.2. The van der Waals surface area contributed by atoms with E-state index in [1.807, 2.05) is 0 Å². The highest BCUT2D eigenvalue weighted by Crippen LogP contribution is 2.29. The number of nitro groups is 1. The van der Waals surface area contributed by atoms with Gasteiger partial charge in [-0.15, -0.1) is 0 Å². The largest absolute Gasteiger partial charge is 0.455 e. The molecule has 0 aliphatic heterocycles. The topological polar surface area (TPSA) is 93.6 Å². The molecule has 0 fully saturated rings. The highest BCUT2D eigenvalue weighted by atomic mass is 35.5. The summed E-state index contributed by atoms with van der Waals surface area (Å²) in [7, 11) is 0. The van der Waals surface area contributed by atoms with Crippen LogP contribution in [0, 0.1) is 10.1 Å². The molecule has 0 amide bonds. The first-order valence-electron chi connectivity index (χ1n) is 6.98. The number of pyridine rings is 1. The summed E-state index contributed by atoms with van der Waals surface area (Å²) in [6.45, 7) is 0. The molecule has 25 heavy (non-hydrogen) atoms. The van der Waals surface area contributed by atoms with Crippen molar-refractivity contribution in [3.63, 3.8) is 0 Å².